The van der Waals surface area contributed by atoms with Gasteiger partial charge in [0.15, 0.2) is 0 Å². The Labute approximate surface area is 99.8 Å². The number of rotatable bonds is 1. The molecule has 4 unspecified atom stereocenters. The van der Waals surface area contributed by atoms with Crippen molar-refractivity contribution in [1.82, 2.24) is 0 Å². The molecule has 4 bridgehead atoms. The van der Waals surface area contributed by atoms with Crippen LogP contribution in [0.5, 0.6) is 0 Å². The van der Waals surface area contributed by atoms with Gasteiger partial charge in [-0.25, -0.2) is 0 Å². The Balaban J connectivity index is 1.92. The van der Waals surface area contributed by atoms with E-state index in [2.05, 4.69) is 19.6 Å². The van der Waals surface area contributed by atoms with Crippen LogP contribution >= 0.6 is 11.6 Å². The van der Waals surface area contributed by atoms with Crippen molar-refractivity contribution in [3.05, 3.63) is 0 Å². The highest BCUT2D eigenvalue weighted by molar-refractivity contribution is 6.77. The second-order valence-electron chi connectivity index (χ2n) is 7.33. The van der Waals surface area contributed by atoms with Gasteiger partial charge in [0.25, 0.3) is 0 Å². The van der Waals surface area contributed by atoms with Gasteiger partial charge < -0.3 is 0 Å². The van der Waals surface area contributed by atoms with E-state index in [0.29, 0.717) is 5.38 Å². The second kappa shape index (κ2) is 3.26. The third-order valence-electron chi connectivity index (χ3n) is 5.31. The second-order valence-corrected chi connectivity index (χ2v) is 13.2. The van der Waals surface area contributed by atoms with Crippen molar-refractivity contribution in [3.63, 3.8) is 0 Å². The smallest absolute Gasteiger partial charge is 0.0479 e. The van der Waals surface area contributed by atoms with Gasteiger partial charge in [0.2, 0.25) is 0 Å². The number of hydrogen-bond donors (Lipinski definition) is 0. The maximum Gasteiger partial charge on any atom is 0.0479 e. The molecule has 0 amide bonds. The molecule has 15 heavy (non-hydrogen) atoms. The predicted molar refractivity (Wildman–Crippen MR) is 69.2 cm³/mol. The van der Waals surface area contributed by atoms with Crippen molar-refractivity contribution >= 4 is 19.7 Å². The topological polar surface area (TPSA) is 0 Å². The molecule has 6 atom stereocenters. The fourth-order valence-electron chi connectivity index (χ4n) is 5.19. The summed E-state index contributed by atoms with van der Waals surface area (Å²) in [6, 6.07) is 0. The van der Waals surface area contributed by atoms with Crippen LogP contribution < -0.4 is 0 Å². The van der Waals surface area contributed by atoms with E-state index in [1.165, 1.54) is 19.3 Å². The standard InChI is InChI=1S/C13H23ClSi/c1-15(2,3)13-10-5-8-4-9(7-10)12(14)11(13)6-8/h8-13H,4-7H2,1-3H3/t8?,9?,10?,11?,12-,13+/m0/s1. The lowest BCUT2D eigenvalue weighted by Gasteiger charge is -2.59. The van der Waals surface area contributed by atoms with Crippen LogP contribution in [-0.4, -0.2) is 13.5 Å². The van der Waals surface area contributed by atoms with Gasteiger partial charge in [-0.1, -0.05) is 19.6 Å². The largest absolute Gasteiger partial charge is 0.122 e. The maximum absolute atomic E-state index is 6.69. The third kappa shape index (κ3) is 1.53. The lowest BCUT2D eigenvalue weighted by atomic mass is 9.55. The Morgan fingerprint density at radius 1 is 0.933 bits per heavy atom. The highest BCUT2D eigenvalue weighted by atomic mass is 35.5. The van der Waals surface area contributed by atoms with Crippen LogP contribution in [0.1, 0.15) is 25.7 Å². The summed E-state index contributed by atoms with van der Waals surface area (Å²) < 4.78 is 0. The predicted octanol–water partition coefficient (Wildman–Crippen LogP) is 4.37. The fraction of sp³-hybridized carbons (Fsp3) is 1.00. The van der Waals surface area contributed by atoms with Gasteiger partial charge >= 0.3 is 0 Å². The van der Waals surface area contributed by atoms with E-state index in [1.54, 1.807) is 6.42 Å². The van der Waals surface area contributed by atoms with E-state index >= 15 is 0 Å². The van der Waals surface area contributed by atoms with Gasteiger partial charge in [0, 0.05) is 13.5 Å². The van der Waals surface area contributed by atoms with E-state index in [4.69, 9.17) is 11.6 Å². The highest BCUT2D eigenvalue weighted by Crippen LogP contribution is 2.62. The third-order valence-corrected chi connectivity index (χ3v) is 8.89. The summed E-state index contributed by atoms with van der Waals surface area (Å²) in [4.78, 5) is 0. The first kappa shape index (κ1) is 10.6. The molecule has 4 fully saturated rings. The summed E-state index contributed by atoms with van der Waals surface area (Å²) in [5.41, 5.74) is 1.03. The lowest BCUT2D eigenvalue weighted by Crippen LogP contribution is -2.55. The monoisotopic (exact) mass is 242 g/mol. The summed E-state index contributed by atoms with van der Waals surface area (Å²) in [6.45, 7) is 7.68. The molecule has 0 aromatic heterocycles. The molecule has 0 nitrogen and oxygen atoms in total. The van der Waals surface area contributed by atoms with Gasteiger partial charge in [-0.15, -0.1) is 11.6 Å². The molecular formula is C13H23ClSi. The zero-order chi connectivity index (χ0) is 10.8. The summed E-state index contributed by atoms with van der Waals surface area (Å²) in [5, 5.41) is 0.537. The summed E-state index contributed by atoms with van der Waals surface area (Å²) in [5.74, 6) is 3.91. The first-order chi connectivity index (χ1) is 6.97. The molecule has 4 aliphatic rings. The normalized spacial score (nSPS) is 53.6. The maximum atomic E-state index is 6.69. The molecule has 0 N–H and O–H groups in total. The van der Waals surface area contributed by atoms with Gasteiger partial charge in [-0.3, -0.25) is 0 Å². The van der Waals surface area contributed by atoms with Crippen LogP contribution in [-0.2, 0) is 0 Å². The SMILES string of the molecule is C[Si](C)(C)[C@@H]1C2CC3CC(C2)[C@H](Cl)C1C3. The Morgan fingerprint density at radius 3 is 2.27 bits per heavy atom. The minimum Gasteiger partial charge on any atom is -0.122 e. The minimum absolute atomic E-state index is 0.537. The molecule has 4 rings (SSSR count). The molecule has 0 aliphatic heterocycles. The van der Waals surface area contributed by atoms with Crippen LogP contribution in [0.15, 0.2) is 0 Å². The van der Waals surface area contributed by atoms with Crippen molar-refractivity contribution in [2.24, 2.45) is 23.7 Å². The first-order valence-corrected chi connectivity index (χ1v) is 10.6. The Kier molecular flexibility index (Phi) is 2.31. The summed E-state index contributed by atoms with van der Waals surface area (Å²) in [6.07, 6.45) is 5.94. The first-order valence-electron chi connectivity index (χ1n) is 6.61. The Bertz CT molecular complexity index is 270. The zero-order valence-corrected chi connectivity index (χ0v) is 11.9. The van der Waals surface area contributed by atoms with Crippen LogP contribution in [0.25, 0.3) is 0 Å². The average Bonchev–Trinajstić information content (AvgIpc) is 2.10. The number of hydrogen-bond acceptors (Lipinski definition) is 0. The Morgan fingerprint density at radius 2 is 1.60 bits per heavy atom. The van der Waals surface area contributed by atoms with Crippen molar-refractivity contribution < 1.29 is 0 Å². The van der Waals surface area contributed by atoms with E-state index in [0.717, 1.165) is 29.2 Å². The summed E-state index contributed by atoms with van der Waals surface area (Å²) in [7, 11) is -0.988. The Hall–Kier alpha value is 0.507. The number of halogens is 1. The van der Waals surface area contributed by atoms with E-state index < -0.39 is 8.07 Å². The van der Waals surface area contributed by atoms with Gasteiger partial charge in [0.05, 0.1) is 0 Å². The minimum atomic E-state index is -0.988. The van der Waals surface area contributed by atoms with E-state index in [-0.39, 0.29) is 0 Å². The quantitative estimate of drug-likeness (QED) is 0.473. The molecule has 0 spiro atoms. The van der Waals surface area contributed by atoms with Gasteiger partial charge in [-0.05, 0) is 54.9 Å². The van der Waals surface area contributed by atoms with Crippen LogP contribution in [0.4, 0.5) is 0 Å². The molecular weight excluding hydrogens is 220 g/mol. The van der Waals surface area contributed by atoms with E-state index in [9.17, 15) is 0 Å². The molecule has 0 radical (unpaired) electrons. The van der Waals surface area contributed by atoms with Crippen LogP contribution in [0, 0.1) is 23.7 Å². The number of alkyl halides is 1. The molecule has 4 aliphatic carbocycles. The van der Waals surface area contributed by atoms with Crippen molar-refractivity contribution in [1.29, 1.82) is 0 Å². The zero-order valence-electron chi connectivity index (χ0n) is 10.2. The highest BCUT2D eigenvalue weighted by Gasteiger charge is 2.55. The van der Waals surface area contributed by atoms with Gasteiger partial charge in [-0.2, -0.15) is 0 Å². The van der Waals surface area contributed by atoms with E-state index in [1.807, 2.05) is 0 Å². The fourth-order valence-corrected chi connectivity index (χ4v) is 9.09. The molecule has 0 saturated heterocycles. The molecule has 0 aromatic carbocycles. The average molecular weight is 243 g/mol. The van der Waals surface area contributed by atoms with Crippen LogP contribution in [0.3, 0.4) is 0 Å². The molecule has 4 saturated carbocycles. The van der Waals surface area contributed by atoms with Gasteiger partial charge in [0.1, 0.15) is 0 Å². The molecule has 2 heteroatoms. The molecule has 86 valence electrons. The molecule has 0 heterocycles. The van der Waals surface area contributed by atoms with Crippen molar-refractivity contribution in [2.45, 2.75) is 56.2 Å². The molecule has 0 aromatic rings. The van der Waals surface area contributed by atoms with Crippen molar-refractivity contribution in [3.8, 4) is 0 Å². The van der Waals surface area contributed by atoms with Crippen LogP contribution in [0.2, 0.25) is 25.2 Å². The lowest BCUT2D eigenvalue weighted by molar-refractivity contribution is 0.0221. The van der Waals surface area contributed by atoms with Crippen molar-refractivity contribution in [2.75, 3.05) is 0 Å². The summed E-state index contributed by atoms with van der Waals surface area (Å²) >= 11 is 6.69.